The van der Waals surface area contributed by atoms with Crippen molar-refractivity contribution in [2.75, 3.05) is 13.1 Å². The Kier molecular flexibility index (Phi) is 4.36. The van der Waals surface area contributed by atoms with Crippen molar-refractivity contribution >= 4 is 52.2 Å². The number of hydrogen-bond acceptors (Lipinski definition) is 3. The number of aliphatic imine (C=N–C) groups is 1. The van der Waals surface area contributed by atoms with Gasteiger partial charge in [0, 0.05) is 13.1 Å². The number of hydrogen-bond donors (Lipinski definition) is 0. The van der Waals surface area contributed by atoms with Gasteiger partial charge in [0.05, 0.1) is 26.5 Å². The van der Waals surface area contributed by atoms with Gasteiger partial charge in [-0.1, -0.05) is 23.2 Å². The van der Waals surface area contributed by atoms with Crippen LogP contribution in [0.25, 0.3) is 0 Å². The topological polar surface area (TPSA) is 32.7 Å². The second-order valence-corrected chi connectivity index (χ2v) is 4.98. The van der Waals surface area contributed by atoms with E-state index in [1.807, 2.05) is 0 Å². The number of carbonyl (C=O) groups is 1. The molecule has 0 unspecified atom stereocenters. The van der Waals surface area contributed by atoms with Crippen LogP contribution in [0.5, 0.6) is 0 Å². The average Bonchev–Trinajstić information content (AvgIpc) is 2.81. The first-order valence-corrected chi connectivity index (χ1v) is 6.66. The third-order valence-electron chi connectivity index (χ3n) is 2.81. The smallest absolute Gasteiger partial charge is 0.256 e. The van der Waals surface area contributed by atoms with Gasteiger partial charge in [-0.05, 0) is 37.2 Å². The van der Waals surface area contributed by atoms with E-state index in [0.717, 1.165) is 25.9 Å². The summed E-state index contributed by atoms with van der Waals surface area (Å²) in [6, 6.07) is 3.13. The second kappa shape index (κ2) is 5.81. The molecule has 6 heteroatoms. The van der Waals surface area contributed by atoms with E-state index in [1.165, 1.54) is 0 Å². The molecule has 1 heterocycles. The molecule has 1 amide bonds. The highest BCUT2D eigenvalue weighted by Gasteiger charge is 2.24. The van der Waals surface area contributed by atoms with Crippen molar-refractivity contribution < 1.29 is 4.79 Å². The molecule has 1 aromatic rings. The van der Waals surface area contributed by atoms with E-state index in [0.29, 0.717) is 21.3 Å². The van der Waals surface area contributed by atoms with Crippen LogP contribution >= 0.6 is 35.4 Å². The first kappa shape index (κ1) is 13.5. The predicted molar refractivity (Wildman–Crippen MR) is 76.3 cm³/mol. The van der Waals surface area contributed by atoms with Crippen molar-refractivity contribution in [1.29, 1.82) is 0 Å². The molecule has 1 fully saturated rings. The molecule has 1 aromatic carbocycles. The van der Waals surface area contributed by atoms with Gasteiger partial charge >= 0.3 is 0 Å². The summed E-state index contributed by atoms with van der Waals surface area (Å²) in [5.74, 6) is -0.125. The van der Waals surface area contributed by atoms with Gasteiger partial charge in [-0.3, -0.25) is 4.79 Å². The summed E-state index contributed by atoms with van der Waals surface area (Å²) >= 11 is 16.7. The van der Waals surface area contributed by atoms with E-state index in [9.17, 15) is 4.79 Å². The van der Waals surface area contributed by atoms with Crippen LogP contribution in [-0.4, -0.2) is 29.1 Å². The number of thiocarbonyl (C=S) groups is 1. The molecule has 3 nitrogen and oxygen atoms in total. The maximum atomic E-state index is 12.2. The van der Waals surface area contributed by atoms with Crippen molar-refractivity contribution in [2.24, 2.45) is 4.99 Å². The number of carbonyl (C=O) groups excluding carboxylic acids is 1. The van der Waals surface area contributed by atoms with Crippen LogP contribution in [-0.2, 0) is 0 Å². The molecule has 18 heavy (non-hydrogen) atoms. The lowest BCUT2D eigenvalue weighted by Gasteiger charge is -2.17. The number of amides is 1. The number of isothiocyanates is 1. The highest BCUT2D eigenvalue weighted by Crippen LogP contribution is 2.32. The molecule has 2 rings (SSSR count). The van der Waals surface area contributed by atoms with Crippen molar-refractivity contribution in [2.45, 2.75) is 12.8 Å². The molecule has 0 atom stereocenters. The maximum Gasteiger partial charge on any atom is 0.256 e. The lowest BCUT2D eigenvalue weighted by molar-refractivity contribution is 0.0793. The number of nitrogens with zero attached hydrogens (tertiary/aromatic N) is 2. The summed E-state index contributed by atoms with van der Waals surface area (Å²) in [6.07, 6.45) is 2.04. The third kappa shape index (κ3) is 2.73. The van der Waals surface area contributed by atoms with Gasteiger partial charge in [-0.25, -0.2) is 0 Å². The molecular formula is C12H10Cl2N2OS. The molecule has 94 valence electrons. The van der Waals surface area contributed by atoms with Crippen LogP contribution in [0.1, 0.15) is 23.2 Å². The van der Waals surface area contributed by atoms with Crippen LogP contribution in [0.3, 0.4) is 0 Å². The van der Waals surface area contributed by atoms with Gasteiger partial charge < -0.3 is 4.90 Å². The number of halogens is 2. The second-order valence-electron chi connectivity index (χ2n) is 3.99. The highest BCUT2D eigenvalue weighted by molar-refractivity contribution is 7.78. The minimum atomic E-state index is -0.125. The fourth-order valence-corrected chi connectivity index (χ4v) is 2.70. The van der Waals surface area contributed by atoms with E-state index in [1.54, 1.807) is 17.0 Å². The predicted octanol–water partition coefficient (Wildman–Crippen LogP) is 3.96. The summed E-state index contributed by atoms with van der Waals surface area (Å²) in [5, 5.41) is 2.83. The summed E-state index contributed by atoms with van der Waals surface area (Å²) in [4.78, 5) is 17.8. The van der Waals surface area contributed by atoms with E-state index in [4.69, 9.17) is 23.2 Å². The number of benzene rings is 1. The van der Waals surface area contributed by atoms with E-state index < -0.39 is 0 Å². The lowest BCUT2D eigenvalue weighted by Crippen LogP contribution is -2.28. The standard InChI is InChI=1S/C12H10Cl2N2OS/c13-9-5-8(15-7-18)6-10(14)11(9)12(17)16-3-1-2-4-16/h5-6H,1-4H2. The van der Waals surface area contributed by atoms with Crippen molar-refractivity contribution in [1.82, 2.24) is 4.90 Å². The third-order valence-corrected chi connectivity index (χ3v) is 3.50. The normalized spacial score (nSPS) is 14.4. The quantitative estimate of drug-likeness (QED) is 0.612. The van der Waals surface area contributed by atoms with Crippen molar-refractivity contribution in [3.05, 3.63) is 27.7 Å². The minimum Gasteiger partial charge on any atom is -0.339 e. The fraction of sp³-hybridized carbons (Fsp3) is 0.333. The Morgan fingerprint density at radius 2 is 1.83 bits per heavy atom. The number of likely N-dealkylation sites (tertiary alicyclic amines) is 1. The van der Waals surface area contributed by atoms with E-state index in [2.05, 4.69) is 22.4 Å². The zero-order chi connectivity index (χ0) is 13.1. The van der Waals surface area contributed by atoms with E-state index >= 15 is 0 Å². The summed E-state index contributed by atoms with van der Waals surface area (Å²) < 4.78 is 0. The minimum absolute atomic E-state index is 0.125. The number of rotatable bonds is 2. The Labute approximate surface area is 120 Å². The Morgan fingerprint density at radius 1 is 1.28 bits per heavy atom. The largest absolute Gasteiger partial charge is 0.339 e. The first-order valence-electron chi connectivity index (χ1n) is 5.49. The van der Waals surface area contributed by atoms with Gasteiger partial charge in [0.2, 0.25) is 0 Å². The molecule has 0 radical (unpaired) electrons. The fourth-order valence-electron chi connectivity index (χ4n) is 1.96. The Bertz CT molecular complexity index is 512. The van der Waals surface area contributed by atoms with Gasteiger partial charge in [0.15, 0.2) is 0 Å². The monoisotopic (exact) mass is 300 g/mol. The molecule has 0 aromatic heterocycles. The van der Waals surface area contributed by atoms with Crippen LogP contribution in [0.15, 0.2) is 17.1 Å². The van der Waals surface area contributed by atoms with Crippen molar-refractivity contribution in [3.8, 4) is 0 Å². The Balaban J connectivity index is 2.38. The molecular weight excluding hydrogens is 291 g/mol. The molecule has 0 spiro atoms. The lowest BCUT2D eigenvalue weighted by atomic mass is 10.1. The Hall–Kier alpha value is -0.930. The molecule has 1 aliphatic heterocycles. The summed E-state index contributed by atoms with van der Waals surface area (Å²) in [5.41, 5.74) is 0.835. The van der Waals surface area contributed by atoms with Crippen LogP contribution < -0.4 is 0 Å². The molecule has 0 aliphatic carbocycles. The van der Waals surface area contributed by atoms with Gasteiger partial charge in [0.25, 0.3) is 5.91 Å². The molecule has 0 saturated carbocycles. The molecule has 1 saturated heterocycles. The summed E-state index contributed by atoms with van der Waals surface area (Å²) in [6.45, 7) is 1.51. The zero-order valence-corrected chi connectivity index (χ0v) is 11.8. The summed E-state index contributed by atoms with van der Waals surface area (Å²) in [7, 11) is 0. The Morgan fingerprint density at radius 3 is 2.33 bits per heavy atom. The van der Waals surface area contributed by atoms with Crippen LogP contribution in [0.4, 0.5) is 5.69 Å². The first-order chi connectivity index (χ1) is 8.63. The van der Waals surface area contributed by atoms with Crippen LogP contribution in [0, 0.1) is 0 Å². The zero-order valence-electron chi connectivity index (χ0n) is 9.45. The maximum absolute atomic E-state index is 12.2. The molecule has 0 bridgehead atoms. The van der Waals surface area contributed by atoms with Gasteiger partial charge in [0.1, 0.15) is 0 Å². The van der Waals surface area contributed by atoms with Gasteiger partial charge in [-0.15, -0.1) is 0 Å². The van der Waals surface area contributed by atoms with Gasteiger partial charge in [-0.2, -0.15) is 4.99 Å². The van der Waals surface area contributed by atoms with E-state index in [-0.39, 0.29) is 5.91 Å². The van der Waals surface area contributed by atoms with Crippen LogP contribution in [0.2, 0.25) is 10.0 Å². The molecule has 1 aliphatic rings. The van der Waals surface area contributed by atoms with Crippen molar-refractivity contribution in [3.63, 3.8) is 0 Å². The SMILES string of the molecule is O=C(c1c(Cl)cc(N=C=S)cc1Cl)N1CCCC1. The average molecular weight is 301 g/mol. The highest BCUT2D eigenvalue weighted by atomic mass is 35.5. The molecule has 0 N–H and O–H groups in total.